The van der Waals surface area contributed by atoms with E-state index in [9.17, 15) is 18.0 Å². The van der Waals surface area contributed by atoms with Crippen LogP contribution >= 0.6 is 0 Å². The highest BCUT2D eigenvalue weighted by atomic mass is 19.4. The van der Waals surface area contributed by atoms with Crippen molar-refractivity contribution in [1.82, 2.24) is 4.90 Å². The lowest BCUT2D eigenvalue weighted by atomic mass is 9.98. The second-order valence-corrected chi connectivity index (χ2v) is 7.59. The predicted octanol–water partition coefficient (Wildman–Crippen LogP) is 3.16. The van der Waals surface area contributed by atoms with Gasteiger partial charge < -0.3 is 25.0 Å². The Morgan fingerprint density at radius 2 is 1.79 bits per heavy atom. The lowest BCUT2D eigenvalue weighted by molar-refractivity contribution is -0.163. The Bertz CT molecular complexity index is 651. The number of rotatable bonds is 5. The molecule has 0 unspecified atom stereocenters. The van der Waals surface area contributed by atoms with Crippen LogP contribution in [0.5, 0.6) is 0 Å². The maximum absolute atomic E-state index is 12.4. The molecule has 2 heterocycles. The first-order chi connectivity index (χ1) is 13.8. The van der Waals surface area contributed by atoms with Gasteiger partial charge in [-0.2, -0.15) is 13.2 Å². The Kier molecular flexibility index (Phi) is 7.23. The van der Waals surface area contributed by atoms with Crippen LogP contribution in [0.25, 0.3) is 0 Å². The van der Waals surface area contributed by atoms with Gasteiger partial charge in [-0.1, -0.05) is 18.2 Å². The number of anilines is 1. The summed E-state index contributed by atoms with van der Waals surface area (Å²) in [5.41, 5.74) is 7.32. The van der Waals surface area contributed by atoms with Gasteiger partial charge in [0.2, 0.25) is 0 Å². The highest BCUT2D eigenvalue weighted by Gasteiger charge is 2.37. The van der Waals surface area contributed by atoms with Crippen molar-refractivity contribution < 1.29 is 27.4 Å². The number of nitrogens with two attached hydrogens (primary N) is 1. The lowest BCUT2D eigenvalue weighted by Crippen LogP contribution is -2.57. The molecule has 2 N–H and O–H groups in total. The SMILES string of the molecule is N[C@H]1CCCN(C(=O)OCC(F)(F)F)[C@H]1COC1CCN(c2ccccc2)CC1. The number of likely N-dealkylation sites (tertiary alicyclic amines) is 1. The monoisotopic (exact) mass is 415 g/mol. The fourth-order valence-electron chi connectivity index (χ4n) is 3.91. The van der Waals surface area contributed by atoms with Crippen LogP contribution in [-0.2, 0) is 9.47 Å². The lowest BCUT2D eigenvalue weighted by Gasteiger charge is -2.40. The number of piperidine rings is 2. The summed E-state index contributed by atoms with van der Waals surface area (Å²) in [4.78, 5) is 15.7. The fraction of sp³-hybridized carbons (Fsp3) is 0.650. The van der Waals surface area contributed by atoms with Gasteiger partial charge in [-0.05, 0) is 37.8 Å². The number of carbonyl (C=O) groups excluding carboxylic acids is 1. The summed E-state index contributed by atoms with van der Waals surface area (Å²) in [5, 5.41) is 0. The van der Waals surface area contributed by atoms with Crippen LogP contribution < -0.4 is 10.6 Å². The van der Waals surface area contributed by atoms with Crippen molar-refractivity contribution in [1.29, 1.82) is 0 Å². The number of halogens is 3. The third-order valence-corrected chi connectivity index (χ3v) is 5.49. The molecule has 1 amide bonds. The average Bonchev–Trinajstić information content (AvgIpc) is 2.71. The van der Waals surface area contributed by atoms with Crippen molar-refractivity contribution >= 4 is 11.8 Å². The smallest absolute Gasteiger partial charge is 0.422 e. The van der Waals surface area contributed by atoms with E-state index in [1.54, 1.807) is 0 Å². The van der Waals surface area contributed by atoms with E-state index in [0.717, 1.165) is 25.9 Å². The molecule has 0 bridgehead atoms. The second kappa shape index (κ2) is 9.67. The maximum Gasteiger partial charge on any atom is 0.422 e. The number of para-hydroxylation sites is 1. The van der Waals surface area contributed by atoms with Gasteiger partial charge in [0.05, 0.1) is 18.8 Å². The molecule has 1 aromatic rings. The maximum atomic E-state index is 12.4. The average molecular weight is 415 g/mol. The predicted molar refractivity (Wildman–Crippen MR) is 103 cm³/mol. The molecule has 29 heavy (non-hydrogen) atoms. The molecule has 3 rings (SSSR count). The fourth-order valence-corrected chi connectivity index (χ4v) is 3.91. The molecule has 0 spiro atoms. The minimum Gasteiger partial charge on any atom is -0.440 e. The van der Waals surface area contributed by atoms with Crippen molar-refractivity contribution in [2.45, 2.75) is 50.0 Å². The number of hydrogen-bond acceptors (Lipinski definition) is 5. The van der Waals surface area contributed by atoms with Crippen LogP contribution in [0.2, 0.25) is 0 Å². The first-order valence-corrected chi connectivity index (χ1v) is 10.0. The number of benzene rings is 1. The molecular formula is C20H28F3N3O3. The topological polar surface area (TPSA) is 68.0 Å². The standard InChI is InChI=1S/C20H28F3N3O3/c21-20(22,23)14-29-19(27)26-10-4-7-17(24)18(26)13-28-16-8-11-25(12-9-16)15-5-2-1-3-6-15/h1-3,5-6,16-18H,4,7-14,24H2/t17-,18-/m0/s1. The van der Waals surface area contributed by atoms with Crippen LogP contribution in [-0.4, -0.2) is 68.2 Å². The third-order valence-electron chi connectivity index (χ3n) is 5.49. The van der Waals surface area contributed by atoms with Gasteiger partial charge in [0.1, 0.15) is 0 Å². The van der Waals surface area contributed by atoms with E-state index in [-0.39, 0.29) is 18.8 Å². The first-order valence-electron chi connectivity index (χ1n) is 10.0. The minimum atomic E-state index is -4.55. The highest BCUT2D eigenvalue weighted by molar-refractivity contribution is 5.68. The third kappa shape index (κ3) is 6.24. The molecule has 162 valence electrons. The molecule has 6 nitrogen and oxygen atoms in total. The number of nitrogens with zero attached hydrogens (tertiary/aromatic N) is 2. The van der Waals surface area contributed by atoms with Crippen molar-refractivity contribution in [3.05, 3.63) is 30.3 Å². The van der Waals surface area contributed by atoms with Gasteiger partial charge in [0.25, 0.3) is 0 Å². The summed E-state index contributed by atoms with van der Waals surface area (Å²) in [7, 11) is 0. The molecule has 0 saturated carbocycles. The number of carbonyl (C=O) groups is 1. The number of ether oxygens (including phenoxy) is 2. The molecule has 9 heteroatoms. The van der Waals surface area contributed by atoms with E-state index >= 15 is 0 Å². The summed E-state index contributed by atoms with van der Waals surface area (Å²) in [6, 6.07) is 9.34. The molecule has 0 radical (unpaired) electrons. The van der Waals surface area contributed by atoms with Crippen molar-refractivity contribution in [2.24, 2.45) is 5.73 Å². The second-order valence-electron chi connectivity index (χ2n) is 7.59. The summed E-state index contributed by atoms with van der Waals surface area (Å²) < 4.78 is 47.5. The van der Waals surface area contributed by atoms with Crippen LogP contribution in [0.15, 0.2) is 30.3 Å². The molecule has 1 aromatic carbocycles. The van der Waals surface area contributed by atoms with Gasteiger partial charge in [-0.15, -0.1) is 0 Å². The molecule has 2 atom stereocenters. The van der Waals surface area contributed by atoms with Gasteiger partial charge in [0.15, 0.2) is 6.61 Å². The van der Waals surface area contributed by atoms with Gasteiger partial charge in [-0.3, -0.25) is 0 Å². The van der Waals surface area contributed by atoms with E-state index < -0.39 is 24.9 Å². The van der Waals surface area contributed by atoms with Crippen molar-refractivity contribution in [2.75, 3.05) is 37.7 Å². The molecule has 2 aliphatic heterocycles. The van der Waals surface area contributed by atoms with Crippen LogP contribution in [0.4, 0.5) is 23.7 Å². The van der Waals surface area contributed by atoms with E-state index in [2.05, 4.69) is 21.8 Å². The molecule has 2 fully saturated rings. The molecule has 0 aliphatic carbocycles. The summed E-state index contributed by atoms with van der Waals surface area (Å²) in [6.45, 7) is 0.664. The zero-order valence-electron chi connectivity index (χ0n) is 16.3. The van der Waals surface area contributed by atoms with Gasteiger partial charge >= 0.3 is 12.3 Å². The Hall–Kier alpha value is -2.00. The van der Waals surface area contributed by atoms with Gasteiger partial charge in [-0.25, -0.2) is 4.79 Å². The molecule has 0 aromatic heterocycles. The zero-order valence-corrected chi connectivity index (χ0v) is 16.3. The molecule has 2 aliphatic rings. The van der Waals surface area contributed by atoms with Gasteiger partial charge in [0, 0.05) is 31.4 Å². The Morgan fingerprint density at radius 1 is 1.10 bits per heavy atom. The summed E-state index contributed by atoms with van der Waals surface area (Å²) in [6.07, 6.45) is -2.48. The molecular weight excluding hydrogens is 387 g/mol. The van der Waals surface area contributed by atoms with E-state index in [1.807, 2.05) is 18.2 Å². The number of hydrogen-bond donors (Lipinski definition) is 1. The summed E-state index contributed by atoms with van der Waals surface area (Å²) in [5.74, 6) is 0. The molecule has 2 saturated heterocycles. The normalized spacial score (nSPS) is 23.9. The van der Waals surface area contributed by atoms with Crippen LogP contribution in [0.1, 0.15) is 25.7 Å². The summed E-state index contributed by atoms with van der Waals surface area (Å²) >= 11 is 0. The van der Waals surface area contributed by atoms with E-state index in [0.29, 0.717) is 19.4 Å². The van der Waals surface area contributed by atoms with E-state index in [4.69, 9.17) is 10.5 Å². The largest absolute Gasteiger partial charge is 0.440 e. The van der Waals surface area contributed by atoms with Crippen LogP contribution in [0.3, 0.4) is 0 Å². The first kappa shape index (κ1) is 21.7. The van der Waals surface area contributed by atoms with Crippen LogP contribution in [0, 0.1) is 0 Å². The van der Waals surface area contributed by atoms with Crippen molar-refractivity contribution in [3.8, 4) is 0 Å². The van der Waals surface area contributed by atoms with E-state index in [1.165, 1.54) is 10.6 Å². The Labute approximate surface area is 168 Å². The minimum absolute atomic E-state index is 0.0390. The number of alkyl halides is 3. The highest BCUT2D eigenvalue weighted by Crippen LogP contribution is 2.24. The quantitative estimate of drug-likeness (QED) is 0.800. The Morgan fingerprint density at radius 3 is 2.45 bits per heavy atom. The zero-order chi connectivity index (χ0) is 20.9. The Balaban J connectivity index is 1.49. The number of amides is 1. The van der Waals surface area contributed by atoms with Crippen molar-refractivity contribution in [3.63, 3.8) is 0 Å².